The van der Waals surface area contributed by atoms with Crippen molar-refractivity contribution in [1.29, 1.82) is 0 Å². The number of nitrogens with one attached hydrogen (secondary N) is 1. The molecule has 1 N–H and O–H groups in total. The van der Waals surface area contributed by atoms with Crippen molar-refractivity contribution in [2.24, 2.45) is 5.10 Å². The SMILES string of the molecule is [B]c1ccc(C(=NNC(=S)N2CCN(C)CC2)c2ccc([B])cn2)nc1. The molecule has 0 spiro atoms. The minimum Gasteiger partial charge on any atom is -0.345 e. The standard InChI is InChI=1S/C17H18B2N6S/c1-24-6-8-25(9-7-24)17(26)23-22-16(14-4-2-12(18)10-20-14)15-5-3-13(19)11-21-15/h2-5,10-11H,6-9H2,1H3,(H,23,26). The van der Waals surface area contributed by atoms with Gasteiger partial charge in [-0.1, -0.05) is 23.1 Å². The van der Waals surface area contributed by atoms with Gasteiger partial charge in [-0.15, -0.1) is 0 Å². The minimum absolute atomic E-state index is 0.571. The smallest absolute Gasteiger partial charge is 0.189 e. The monoisotopic (exact) mass is 360 g/mol. The number of thiocarbonyl (C=S) groups is 1. The molecule has 0 bridgehead atoms. The van der Waals surface area contributed by atoms with Crippen molar-refractivity contribution in [2.45, 2.75) is 0 Å². The first kappa shape index (κ1) is 18.5. The normalized spacial score (nSPS) is 14.7. The van der Waals surface area contributed by atoms with Crippen LogP contribution < -0.4 is 16.4 Å². The van der Waals surface area contributed by atoms with Gasteiger partial charge in [-0.2, -0.15) is 5.10 Å². The highest BCUT2D eigenvalue weighted by molar-refractivity contribution is 7.80. The Morgan fingerprint density at radius 1 is 1.00 bits per heavy atom. The largest absolute Gasteiger partial charge is 0.345 e. The predicted octanol–water partition coefficient (Wildman–Crippen LogP) is -1.06. The number of rotatable bonds is 3. The fraction of sp³-hybridized carbons (Fsp3) is 0.294. The molecule has 128 valence electrons. The Labute approximate surface area is 161 Å². The first-order valence-corrected chi connectivity index (χ1v) is 8.68. The summed E-state index contributed by atoms with van der Waals surface area (Å²) in [5.74, 6) is 0. The molecule has 0 aliphatic carbocycles. The third kappa shape index (κ3) is 4.68. The summed E-state index contributed by atoms with van der Waals surface area (Å²) in [5, 5.41) is 5.07. The van der Waals surface area contributed by atoms with Crippen molar-refractivity contribution in [1.82, 2.24) is 25.2 Å². The van der Waals surface area contributed by atoms with E-state index in [-0.39, 0.29) is 0 Å². The summed E-state index contributed by atoms with van der Waals surface area (Å²) in [6, 6.07) is 7.14. The van der Waals surface area contributed by atoms with E-state index in [1.807, 2.05) is 0 Å². The third-order valence-corrected chi connectivity index (χ3v) is 4.46. The second-order valence-corrected chi connectivity index (χ2v) is 6.51. The summed E-state index contributed by atoms with van der Waals surface area (Å²) in [5.41, 5.74) is 6.00. The number of nitrogens with zero attached hydrogens (tertiary/aromatic N) is 5. The van der Waals surface area contributed by atoms with Gasteiger partial charge in [-0.05, 0) is 31.4 Å². The molecular weight excluding hydrogens is 342 g/mol. The van der Waals surface area contributed by atoms with Crippen LogP contribution >= 0.6 is 12.2 Å². The molecule has 2 aromatic rings. The van der Waals surface area contributed by atoms with E-state index in [0.29, 0.717) is 33.1 Å². The zero-order chi connectivity index (χ0) is 18.5. The lowest BCUT2D eigenvalue weighted by molar-refractivity contribution is 0.214. The van der Waals surface area contributed by atoms with Crippen LogP contribution in [0.15, 0.2) is 41.8 Å². The molecule has 3 heterocycles. The van der Waals surface area contributed by atoms with E-state index in [2.05, 4.69) is 37.3 Å². The summed E-state index contributed by atoms with van der Waals surface area (Å²) in [7, 11) is 13.6. The predicted molar refractivity (Wildman–Crippen MR) is 110 cm³/mol. The van der Waals surface area contributed by atoms with Gasteiger partial charge in [0.15, 0.2) is 5.11 Å². The van der Waals surface area contributed by atoms with Gasteiger partial charge >= 0.3 is 0 Å². The van der Waals surface area contributed by atoms with Crippen LogP contribution in [0.1, 0.15) is 11.4 Å². The molecule has 1 aliphatic rings. The average molecular weight is 360 g/mol. The van der Waals surface area contributed by atoms with E-state index in [9.17, 15) is 0 Å². The fourth-order valence-corrected chi connectivity index (χ4v) is 2.75. The van der Waals surface area contributed by atoms with Crippen LogP contribution in [0.3, 0.4) is 0 Å². The summed E-state index contributed by atoms with van der Waals surface area (Å²) in [6.45, 7) is 3.68. The molecular formula is C17H18B2N6S. The van der Waals surface area contributed by atoms with Gasteiger partial charge in [0.2, 0.25) is 0 Å². The van der Waals surface area contributed by atoms with E-state index < -0.39 is 0 Å². The lowest BCUT2D eigenvalue weighted by Crippen LogP contribution is -2.49. The van der Waals surface area contributed by atoms with Gasteiger partial charge in [0.05, 0.1) is 11.4 Å². The van der Waals surface area contributed by atoms with Crippen molar-refractivity contribution in [3.8, 4) is 0 Å². The Kier molecular flexibility index (Phi) is 6.00. The number of hydrogen-bond acceptors (Lipinski definition) is 5. The lowest BCUT2D eigenvalue weighted by Gasteiger charge is -2.33. The number of pyridine rings is 2. The molecule has 2 aromatic heterocycles. The summed E-state index contributed by atoms with van der Waals surface area (Å²) >= 11 is 5.48. The van der Waals surface area contributed by atoms with Crippen LogP contribution in [0, 0.1) is 0 Å². The molecule has 26 heavy (non-hydrogen) atoms. The molecule has 1 fully saturated rings. The Bertz CT molecular complexity index is 738. The van der Waals surface area contributed by atoms with Crippen molar-refractivity contribution in [3.05, 3.63) is 48.0 Å². The molecule has 0 atom stereocenters. The van der Waals surface area contributed by atoms with Crippen molar-refractivity contribution >= 4 is 49.7 Å². The van der Waals surface area contributed by atoms with Gasteiger partial charge in [0.25, 0.3) is 0 Å². The van der Waals surface area contributed by atoms with E-state index in [4.69, 9.17) is 27.9 Å². The maximum Gasteiger partial charge on any atom is 0.189 e. The fourth-order valence-electron chi connectivity index (χ4n) is 2.52. The molecule has 9 heteroatoms. The zero-order valence-corrected chi connectivity index (χ0v) is 15.4. The highest BCUT2D eigenvalue weighted by Gasteiger charge is 2.17. The highest BCUT2D eigenvalue weighted by atomic mass is 32.1. The molecule has 0 saturated carbocycles. The Balaban J connectivity index is 1.82. The molecule has 4 radical (unpaired) electrons. The molecule has 6 nitrogen and oxygen atoms in total. The van der Waals surface area contributed by atoms with Gasteiger partial charge in [0, 0.05) is 38.6 Å². The van der Waals surface area contributed by atoms with Gasteiger partial charge < -0.3 is 9.80 Å². The number of piperazine rings is 1. The molecule has 0 amide bonds. The van der Waals surface area contributed by atoms with E-state index in [1.54, 1.807) is 36.7 Å². The molecule has 1 aliphatic heterocycles. The highest BCUT2D eigenvalue weighted by Crippen LogP contribution is 2.05. The van der Waals surface area contributed by atoms with Gasteiger partial charge in [0.1, 0.15) is 21.4 Å². The average Bonchev–Trinajstić information content (AvgIpc) is 2.65. The molecule has 0 aromatic carbocycles. The summed E-state index contributed by atoms with van der Waals surface area (Å²) in [6.07, 6.45) is 3.17. The number of hydrogen-bond donors (Lipinski definition) is 1. The lowest BCUT2D eigenvalue weighted by atomic mass is 9.97. The van der Waals surface area contributed by atoms with E-state index in [1.165, 1.54) is 0 Å². The second-order valence-electron chi connectivity index (χ2n) is 6.12. The maximum atomic E-state index is 5.73. The second kappa shape index (κ2) is 8.42. The Morgan fingerprint density at radius 2 is 1.54 bits per heavy atom. The minimum atomic E-state index is 0.571. The van der Waals surface area contributed by atoms with Gasteiger partial charge in [-0.25, -0.2) is 0 Å². The van der Waals surface area contributed by atoms with Crippen LogP contribution in [-0.4, -0.2) is 79.5 Å². The Morgan fingerprint density at radius 3 is 2.00 bits per heavy atom. The number of aromatic nitrogens is 2. The van der Waals surface area contributed by atoms with Crippen molar-refractivity contribution in [2.75, 3.05) is 33.2 Å². The van der Waals surface area contributed by atoms with Gasteiger partial charge in [-0.3, -0.25) is 15.4 Å². The maximum absolute atomic E-state index is 5.73. The van der Waals surface area contributed by atoms with Crippen LogP contribution in [0.5, 0.6) is 0 Å². The van der Waals surface area contributed by atoms with Crippen LogP contribution in [0.2, 0.25) is 0 Å². The summed E-state index contributed by atoms with van der Waals surface area (Å²) < 4.78 is 0. The molecule has 0 unspecified atom stereocenters. The van der Waals surface area contributed by atoms with E-state index in [0.717, 1.165) is 26.2 Å². The zero-order valence-electron chi connectivity index (χ0n) is 14.6. The van der Waals surface area contributed by atoms with Crippen molar-refractivity contribution < 1.29 is 0 Å². The molecule has 1 saturated heterocycles. The first-order chi connectivity index (χ1) is 12.5. The van der Waals surface area contributed by atoms with Crippen molar-refractivity contribution in [3.63, 3.8) is 0 Å². The quantitative estimate of drug-likeness (QED) is 0.326. The topological polar surface area (TPSA) is 56.7 Å². The third-order valence-electron chi connectivity index (χ3n) is 4.11. The van der Waals surface area contributed by atoms with Crippen LogP contribution in [0.4, 0.5) is 0 Å². The number of hydrazone groups is 1. The van der Waals surface area contributed by atoms with Crippen LogP contribution in [0.25, 0.3) is 0 Å². The molecule has 3 rings (SSSR count). The summed E-state index contributed by atoms with van der Waals surface area (Å²) in [4.78, 5) is 13.1. The number of likely N-dealkylation sites (N-methyl/N-ethyl adjacent to an activating group) is 1. The van der Waals surface area contributed by atoms with Crippen LogP contribution in [-0.2, 0) is 0 Å². The Hall–Kier alpha value is -2.25. The van der Waals surface area contributed by atoms with E-state index >= 15 is 0 Å². The first-order valence-electron chi connectivity index (χ1n) is 8.28.